The molecule has 0 amide bonds. The van der Waals surface area contributed by atoms with Gasteiger partial charge < -0.3 is 10.5 Å². The summed E-state index contributed by atoms with van der Waals surface area (Å²) < 4.78 is 18.5. The number of rotatable bonds is 3. The van der Waals surface area contributed by atoms with Gasteiger partial charge in [0.25, 0.3) is 0 Å². The fourth-order valence-corrected chi connectivity index (χ4v) is 3.10. The van der Waals surface area contributed by atoms with E-state index in [9.17, 15) is 4.39 Å². The molecular formula is C12H16FNOS. The number of benzene rings is 1. The van der Waals surface area contributed by atoms with E-state index >= 15 is 0 Å². The predicted molar refractivity (Wildman–Crippen MR) is 64.0 cm³/mol. The normalized spacial score (nSPS) is 24.9. The molecule has 88 valence electrons. The van der Waals surface area contributed by atoms with Crippen LogP contribution in [-0.2, 0) is 11.3 Å². The summed E-state index contributed by atoms with van der Waals surface area (Å²) in [6.07, 6.45) is 1.31. The molecule has 0 saturated carbocycles. The summed E-state index contributed by atoms with van der Waals surface area (Å²) >= 11 is 1.75. The fraction of sp³-hybridized carbons (Fsp3) is 0.500. The Hall–Kier alpha value is -0.580. The van der Waals surface area contributed by atoms with E-state index in [0.29, 0.717) is 11.8 Å². The Morgan fingerprint density at radius 3 is 3.00 bits per heavy atom. The van der Waals surface area contributed by atoms with Crippen molar-refractivity contribution in [2.75, 3.05) is 6.61 Å². The molecule has 0 radical (unpaired) electrons. The zero-order chi connectivity index (χ0) is 11.5. The van der Waals surface area contributed by atoms with Crippen molar-refractivity contribution >= 4 is 11.8 Å². The number of thioether (sulfide) groups is 1. The SMILES string of the molecule is CC1OCCC1Sc1ccc(F)cc1CN. The highest BCUT2D eigenvalue weighted by atomic mass is 32.2. The van der Waals surface area contributed by atoms with Crippen LogP contribution in [0.2, 0.25) is 0 Å². The quantitative estimate of drug-likeness (QED) is 0.883. The van der Waals surface area contributed by atoms with Gasteiger partial charge in [0.05, 0.1) is 6.10 Å². The van der Waals surface area contributed by atoms with Crippen molar-refractivity contribution < 1.29 is 9.13 Å². The molecule has 4 heteroatoms. The van der Waals surface area contributed by atoms with Gasteiger partial charge in [0.1, 0.15) is 5.82 Å². The van der Waals surface area contributed by atoms with Gasteiger partial charge >= 0.3 is 0 Å². The molecule has 1 heterocycles. The van der Waals surface area contributed by atoms with E-state index in [0.717, 1.165) is 23.5 Å². The Bertz CT molecular complexity index is 372. The number of hydrogen-bond donors (Lipinski definition) is 1. The Morgan fingerprint density at radius 1 is 1.56 bits per heavy atom. The van der Waals surface area contributed by atoms with E-state index < -0.39 is 0 Å². The Morgan fingerprint density at radius 2 is 2.38 bits per heavy atom. The van der Waals surface area contributed by atoms with Gasteiger partial charge in [0, 0.05) is 23.3 Å². The number of halogens is 1. The zero-order valence-electron chi connectivity index (χ0n) is 9.28. The average Bonchev–Trinajstić information content (AvgIpc) is 2.67. The topological polar surface area (TPSA) is 35.2 Å². The summed E-state index contributed by atoms with van der Waals surface area (Å²) in [5.74, 6) is -0.222. The fourth-order valence-electron chi connectivity index (χ4n) is 1.85. The maximum Gasteiger partial charge on any atom is 0.123 e. The summed E-state index contributed by atoms with van der Waals surface area (Å²) in [6, 6.07) is 4.82. The molecule has 0 aliphatic carbocycles. The summed E-state index contributed by atoms with van der Waals surface area (Å²) in [5, 5.41) is 0.454. The Balaban J connectivity index is 2.14. The molecule has 1 aromatic carbocycles. The van der Waals surface area contributed by atoms with Gasteiger partial charge in [-0.1, -0.05) is 0 Å². The summed E-state index contributed by atoms with van der Waals surface area (Å²) in [7, 11) is 0. The van der Waals surface area contributed by atoms with Crippen LogP contribution in [-0.4, -0.2) is 18.0 Å². The average molecular weight is 241 g/mol. The molecule has 2 nitrogen and oxygen atoms in total. The van der Waals surface area contributed by atoms with E-state index in [4.69, 9.17) is 10.5 Å². The van der Waals surface area contributed by atoms with Crippen molar-refractivity contribution in [2.45, 2.75) is 36.1 Å². The van der Waals surface area contributed by atoms with Crippen LogP contribution in [0.25, 0.3) is 0 Å². The van der Waals surface area contributed by atoms with E-state index in [1.165, 1.54) is 12.1 Å². The second kappa shape index (κ2) is 5.17. The van der Waals surface area contributed by atoms with Crippen LogP contribution >= 0.6 is 11.8 Å². The molecule has 0 bridgehead atoms. The first-order chi connectivity index (χ1) is 7.70. The van der Waals surface area contributed by atoms with Gasteiger partial charge in [-0.3, -0.25) is 0 Å². The van der Waals surface area contributed by atoms with E-state index in [1.807, 2.05) is 6.07 Å². The lowest BCUT2D eigenvalue weighted by molar-refractivity contribution is 0.127. The monoisotopic (exact) mass is 241 g/mol. The molecule has 2 unspecified atom stereocenters. The first-order valence-corrected chi connectivity index (χ1v) is 6.35. The summed E-state index contributed by atoms with van der Waals surface area (Å²) in [4.78, 5) is 1.08. The van der Waals surface area contributed by atoms with E-state index in [-0.39, 0.29) is 11.9 Å². The Labute approximate surface area is 99.4 Å². The Kier molecular flexibility index (Phi) is 3.84. The molecule has 0 spiro atoms. The van der Waals surface area contributed by atoms with Gasteiger partial charge in [0.15, 0.2) is 0 Å². The predicted octanol–water partition coefficient (Wildman–Crippen LogP) is 2.55. The third kappa shape index (κ3) is 2.56. The third-order valence-corrected chi connectivity index (χ3v) is 4.40. The molecule has 2 rings (SSSR count). The molecule has 1 aliphatic rings. The molecule has 1 fully saturated rings. The standard InChI is InChI=1S/C12H16FNOS/c1-8-11(4-5-15-8)16-12-3-2-10(13)6-9(12)7-14/h2-3,6,8,11H,4-5,7,14H2,1H3. The van der Waals surface area contributed by atoms with Crippen LogP contribution in [0.4, 0.5) is 4.39 Å². The minimum atomic E-state index is -0.222. The van der Waals surface area contributed by atoms with E-state index in [2.05, 4.69) is 6.92 Å². The molecule has 1 saturated heterocycles. The molecule has 1 aliphatic heterocycles. The molecular weight excluding hydrogens is 225 g/mol. The lowest BCUT2D eigenvalue weighted by Gasteiger charge is -2.15. The first-order valence-electron chi connectivity index (χ1n) is 5.47. The smallest absolute Gasteiger partial charge is 0.123 e. The van der Waals surface area contributed by atoms with E-state index in [1.54, 1.807) is 11.8 Å². The first kappa shape index (κ1) is 11.9. The largest absolute Gasteiger partial charge is 0.377 e. The minimum absolute atomic E-state index is 0.222. The second-order valence-corrected chi connectivity index (χ2v) is 5.26. The minimum Gasteiger partial charge on any atom is -0.377 e. The van der Waals surface area contributed by atoms with Crippen LogP contribution < -0.4 is 5.73 Å². The van der Waals surface area contributed by atoms with Crippen molar-refractivity contribution in [3.05, 3.63) is 29.6 Å². The molecule has 16 heavy (non-hydrogen) atoms. The van der Waals surface area contributed by atoms with Gasteiger partial charge in [-0.15, -0.1) is 11.8 Å². The van der Waals surface area contributed by atoms with Crippen molar-refractivity contribution in [3.8, 4) is 0 Å². The highest BCUT2D eigenvalue weighted by molar-refractivity contribution is 8.00. The molecule has 2 atom stereocenters. The lowest BCUT2D eigenvalue weighted by atomic mass is 10.2. The maximum absolute atomic E-state index is 13.0. The number of nitrogens with two attached hydrogens (primary N) is 1. The summed E-state index contributed by atoms with van der Waals surface area (Å²) in [6.45, 7) is 3.27. The van der Waals surface area contributed by atoms with Crippen LogP contribution in [0.1, 0.15) is 18.9 Å². The van der Waals surface area contributed by atoms with Gasteiger partial charge in [-0.2, -0.15) is 0 Å². The zero-order valence-corrected chi connectivity index (χ0v) is 10.1. The van der Waals surface area contributed by atoms with Crippen LogP contribution in [0, 0.1) is 5.82 Å². The summed E-state index contributed by atoms with van der Waals surface area (Å²) in [5.41, 5.74) is 6.50. The van der Waals surface area contributed by atoms with Gasteiger partial charge in [0.2, 0.25) is 0 Å². The lowest BCUT2D eigenvalue weighted by Crippen LogP contribution is -2.13. The third-order valence-electron chi connectivity index (χ3n) is 2.83. The molecule has 0 aromatic heterocycles. The molecule has 1 aromatic rings. The maximum atomic E-state index is 13.0. The van der Waals surface area contributed by atoms with Crippen molar-refractivity contribution in [2.24, 2.45) is 5.73 Å². The van der Waals surface area contributed by atoms with Crippen molar-refractivity contribution in [1.82, 2.24) is 0 Å². The highest BCUT2D eigenvalue weighted by Crippen LogP contribution is 2.34. The van der Waals surface area contributed by atoms with Crippen LogP contribution in [0.3, 0.4) is 0 Å². The van der Waals surface area contributed by atoms with Crippen molar-refractivity contribution in [3.63, 3.8) is 0 Å². The number of hydrogen-bond acceptors (Lipinski definition) is 3. The molecule has 2 N–H and O–H groups in total. The van der Waals surface area contributed by atoms with Crippen molar-refractivity contribution in [1.29, 1.82) is 0 Å². The van der Waals surface area contributed by atoms with Crippen LogP contribution in [0.15, 0.2) is 23.1 Å². The van der Waals surface area contributed by atoms with Crippen LogP contribution in [0.5, 0.6) is 0 Å². The second-order valence-electron chi connectivity index (χ2n) is 3.98. The number of ether oxygens (including phenoxy) is 1. The highest BCUT2D eigenvalue weighted by Gasteiger charge is 2.25. The van der Waals surface area contributed by atoms with Gasteiger partial charge in [-0.25, -0.2) is 4.39 Å². The van der Waals surface area contributed by atoms with Gasteiger partial charge in [-0.05, 0) is 37.1 Å².